The third-order valence-corrected chi connectivity index (χ3v) is 2.33. The fourth-order valence-electron chi connectivity index (χ4n) is 1.48. The van der Waals surface area contributed by atoms with Crippen molar-refractivity contribution >= 4 is 0 Å². The second-order valence-corrected chi connectivity index (χ2v) is 3.67. The van der Waals surface area contributed by atoms with E-state index < -0.39 is 0 Å². The normalized spacial score (nSPS) is 12.8. The first-order chi connectivity index (χ1) is 6.20. The lowest BCUT2D eigenvalue weighted by Crippen LogP contribution is -2.00. The Morgan fingerprint density at radius 2 is 2.00 bits per heavy atom. The van der Waals surface area contributed by atoms with Crippen molar-refractivity contribution in [1.82, 2.24) is 0 Å². The summed E-state index contributed by atoms with van der Waals surface area (Å²) in [6, 6.07) is 8.44. The zero-order valence-electron chi connectivity index (χ0n) is 8.46. The number of aryl methyl sites for hydroxylation is 2. The highest BCUT2D eigenvalue weighted by atomic mass is 16.3. The first kappa shape index (κ1) is 10.3. The summed E-state index contributed by atoms with van der Waals surface area (Å²) in [5.74, 6) is 0. The summed E-state index contributed by atoms with van der Waals surface area (Å²) >= 11 is 0. The van der Waals surface area contributed by atoms with Crippen LogP contribution in [-0.2, 0) is 6.42 Å². The molecule has 1 unspecified atom stereocenters. The molecule has 0 aliphatic rings. The molecule has 1 atom stereocenters. The number of hydrogen-bond donors (Lipinski definition) is 1. The maximum atomic E-state index is 9.10. The van der Waals surface area contributed by atoms with Crippen LogP contribution in [0.1, 0.15) is 30.9 Å². The van der Waals surface area contributed by atoms with Crippen molar-refractivity contribution in [2.45, 2.75) is 39.2 Å². The molecule has 0 amide bonds. The minimum atomic E-state index is -0.163. The molecular formula is C12H18O. The molecule has 1 aromatic rings. The Hall–Kier alpha value is -0.820. The summed E-state index contributed by atoms with van der Waals surface area (Å²) in [6.07, 6.45) is 2.89. The van der Waals surface area contributed by atoms with Crippen LogP contribution in [0.15, 0.2) is 24.3 Å². The van der Waals surface area contributed by atoms with Gasteiger partial charge in [0.2, 0.25) is 0 Å². The molecule has 1 rings (SSSR count). The van der Waals surface area contributed by atoms with Crippen molar-refractivity contribution in [3.8, 4) is 0 Å². The Morgan fingerprint density at radius 1 is 1.31 bits per heavy atom. The lowest BCUT2D eigenvalue weighted by atomic mass is 10.0. The molecule has 0 spiro atoms. The molecule has 0 fully saturated rings. The van der Waals surface area contributed by atoms with Gasteiger partial charge in [-0.25, -0.2) is 0 Å². The van der Waals surface area contributed by atoms with Crippen molar-refractivity contribution in [2.75, 3.05) is 0 Å². The molecule has 0 bridgehead atoms. The summed E-state index contributed by atoms with van der Waals surface area (Å²) in [4.78, 5) is 0. The SMILES string of the molecule is Cc1ccccc1CCCC(C)O. The zero-order valence-corrected chi connectivity index (χ0v) is 8.46. The van der Waals surface area contributed by atoms with E-state index in [0.717, 1.165) is 19.3 Å². The molecule has 0 aliphatic heterocycles. The fourth-order valence-corrected chi connectivity index (χ4v) is 1.48. The number of rotatable bonds is 4. The number of benzene rings is 1. The van der Waals surface area contributed by atoms with Gasteiger partial charge in [-0.15, -0.1) is 0 Å². The van der Waals surface area contributed by atoms with Crippen LogP contribution in [0.5, 0.6) is 0 Å². The van der Waals surface area contributed by atoms with Gasteiger partial charge >= 0.3 is 0 Å². The van der Waals surface area contributed by atoms with Crippen LogP contribution in [0.4, 0.5) is 0 Å². The van der Waals surface area contributed by atoms with Crippen LogP contribution in [0, 0.1) is 6.92 Å². The Labute approximate surface area is 80.4 Å². The quantitative estimate of drug-likeness (QED) is 0.751. The Morgan fingerprint density at radius 3 is 2.62 bits per heavy atom. The Balaban J connectivity index is 2.41. The van der Waals surface area contributed by atoms with E-state index in [1.54, 1.807) is 0 Å². The summed E-state index contributed by atoms with van der Waals surface area (Å²) in [5, 5.41) is 9.10. The highest BCUT2D eigenvalue weighted by Gasteiger charge is 1.99. The highest BCUT2D eigenvalue weighted by Crippen LogP contribution is 2.11. The molecule has 1 aromatic carbocycles. The molecule has 0 radical (unpaired) electrons. The first-order valence-electron chi connectivity index (χ1n) is 4.92. The third-order valence-electron chi connectivity index (χ3n) is 2.33. The average molecular weight is 178 g/mol. The molecule has 0 aromatic heterocycles. The molecule has 0 heterocycles. The largest absolute Gasteiger partial charge is 0.393 e. The van der Waals surface area contributed by atoms with Gasteiger partial charge in [0, 0.05) is 0 Å². The Kier molecular flexibility index (Phi) is 3.97. The van der Waals surface area contributed by atoms with E-state index in [2.05, 4.69) is 31.2 Å². The van der Waals surface area contributed by atoms with Crippen molar-refractivity contribution in [3.63, 3.8) is 0 Å². The molecule has 1 nitrogen and oxygen atoms in total. The molecular weight excluding hydrogens is 160 g/mol. The predicted octanol–water partition coefficient (Wildman–Crippen LogP) is 2.70. The van der Waals surface area contributed by atoms with Crippen LogP contribution < -0.4 is 0 Å². The molecule has 1 heteroatoms. The van der Waals surface area contributed by atoms with E-state index in [1.165, 1.54) is 11.1 Å². The van der Waals surface area contributed by atoms with Crippen LogP contribution >= 0.6 is 0 Å². The topological polar surface area (TPSA) is 20.2 Å². The number of hydrogen-bond acceptors (Lipinski definition) is 1. The van der Waals surface area contributed by atoms with Gasteiger partial charge in [0.1, 0.15) is 0 Å². The van der Waals surface area contributed by atoms with Gasteiger partial charge in [0.15, 0.2) is 0 Å². The highest BCUT2D eigenvalue weighted by molar-refractivity contribution is 5.25. The van der Waals surface area contributed by atoms with E-state index in [1.807, 2.05) is 6.92 Å². The van der Waals surface area contributed by atoms with E-state index in [4.69, 9.17) is 5.11 Å². The first-order valence-corrected chi connectivity index (χ1v) is 4.92. The maximum absolute atomic E-state index is 9.10. The van der Waals surface area contributed by atoms with E-state index in [9.17, 15) is 0 Å². The van der Waals surface area contributed by atoms with Crippen LogP contribution in [0.3, 0.4) is 0 Å². The van der Waals surface area contributed by atoms with Crippen LogP contribution in [-0.4, -0.2) is 11.2 Å². The predicted molar refractivity (Wildman–Crippen MR) is 55.8 cm³/mol. The average Bonchev–Trinajstić information content (AvgIpc) is 2.08. The Bertz CT molecular complexity index is 253. The molecule has 13 heavy (non-hydrogen) atoms. The molecule has 72 valence electrons. The van der Waals surface area contributed by atoms with Crippen LogP contribution in [0.25, 0.3) is 0 Å². The maximum Gasteiger partial charge on any atom is 0.0512 e. The third kappa shape index (κ3) is 3.60. The summed E-state index contributed by atoms with van der Waals surface area (Å²) in [5.41, 5.74) is 2.76. The minimum Gasteiger partial charge on any atom is -0.393 e. The summed E-state index contributed by atoms with van der Waals surface area (Å²) in [7, 11) is 0. The summed E-state index contributed by atoms with van der Waals surface area (Å²) in [6.45, 7) is 3.98. The van der Waals surface area contributed by atoms with Crippen molar-refractivity contribution < 1.29 is 5.11 Å². The van der Waals surface area contributed by atoms with Crippen molar-refractivity contribution in [3.05, 3.63) is 35.4 Å². The fraction of sp³-hybridized carbons (Fsp3) is 0.500. The van der Waals surface area contributed by atoms with Gasteiger partial charge in [-0.3, -0.25) is 0 Å². The second-order valence-electron chi connectivity index (χ2n) is 3.67. The molecule has 0 saturated carbocycles. The van der Waals surface area contributed by atoms with Gasteiger partial charge in [-0.1, -0.05) is 24.3 Å². The molecule has 0 aliphatic carbocycles. The van der Waals surface area contributed by atoms with E-state index in [-0.39, 0.29) is 6.10 Å². The standard InChI is InChI=1S/C12H18O/c1-10-6-3-4-8-12(10)9-5-7-11(2)13/h3-4,6,8,11,13H,5,7,9H2,1-2H3. The lowest BCUT2D eigenvalue weighted by Gasteiger charge is -2.06. The van der Waals surface area contributed by atoms with Crippen molar-refractivity contribution in [2.24, 2.45) is 0 Å². The van der Waals surface area contributed by atoms with Crippen LogP contribution in [0.2, 0.25) is 0 Å². The van der Waals surface area contributed by atoms with E-state index in [0.29, 0.717) is 0 Å². The van der Waals surface area contributed by atoms with Gasteiger partial charge in [-0.05, 0) is 44.2 Å². The van der Waals surface area contributed by atoms with E-state index >= 15 is 0 Å². The molecule has 1 N–H and O–H groups in total. The molecule has 0 saturated heterocycles. The van der Waals surface area contributed by atoms with Gasteiger partial charge < -0.3 is 5.11 Å². The smallest absolute Gasteiger partial charge is 0.0512 e. The van der Waals surface area contributed by atoms with Gasteiger partial charge in [0.25, 0.3) is 0 Å². The zero-order chi connectivity index (χ0) is 9.68. The van der Waals surface area contributed by atoms with Crippen molar-refractivity contribution in [1.29, 1.82) is 0 Å². The monoisotopic (exact) mass is 178 g/mol. The number of aliphatic hydroxyl groups is 1. The number of aliphatic hydroxyl groups excluding tert-OH is 1. The van der Waals surface area contributed by atoms with Gasteiger partial charge in [-0.2, -0.15) is 0 Å². The van der Waals surface area contributed by atoms with Gasteiger partial charge in [0.05, 0.1) is 6.10 Å². The summed E-state index contributed by atoms with van der Waals surface area (Å²) < 4.78 is 0. The lowest BCUT2D eigenvalue weighted by molar-refractivity contribution is 0.181. The second kappa shape index (κ2) is 5.03. The minimum absolute atomic E-state index is 0.163.